The van der Waals surface area contributed by atoms with E-state index in [1.807, 2.05) is 0 Å². The van der Waals surface area contributed by atoms with Crippen LogP contribution in [0.5, 0.6) is 0 Å². The van der Waals surface area contributed by atoms with Crippen molar-refractivity contribution in [3.05, 3.63) is 52.4 Å². The van der Waals surface area contributed by atoms with Crippen LogP contribution in [-0.2, 0) is 16.1 Å². The molecule has 7 heteroatoms. The van der Waals surface area contributed by atoms with E-state index in [9.17, 15) is 9.59 Å². The van der Waals surface area contributed by atoms with E-state index in [0.29, 0.717) is 21.5 Å². The molecule has 1 aromatic carbocycles. The summed E-state index contributed by atoms with van der Waals surface area (Å²) in [4.78, 5) is 25.0. The molecule has 0 aliphatic rings. The number of rotatable bonds is 5. The van der Waals surface area contributed by atoms with Gasteiger partial charge in [-0.1, -0.05) is 23.2 Å². The largest absolute Gasteiger partial charge is 0.467 e. The third-order valence-corrected chi connectivity index (χ3v) is 3.65. The molecule has 116 valence electrons. The minimum atomic E-state index is -0.333. The lowest BCUT2D eigenvalue weighted by Crippen LogP contribution is -2.36. The first-order valence-electron chi connectivity index (χ1n) is 6.48. The summed E-state index contributed by atoms with van der Waals surface area (Å²) in [6.45, 7) is 1.54. The fraction of sp³-hybridized carbons (Fsp3) is 0.200. The second-order valence-electron chi connectivity index (χ2n) is 4.63. The summed E-state index contributed by atoms with van der Waals surface area (Å²) in [5.74, 6) is 0.0540. The molecule has 0 atom stereocenters. The van der Waals surface area contributed by atoms with Gasteiger partial charge in [0.15, 0.2) is 0 Å². The average Bonchev–Trinajstić information content (AvgIpc) is 2.95. The van der Waals surface area contributed by atoms with Crippen molar-refractivity contribution < 1.29 is 14.0 Å². The standard InChI is InChI=1S/C15H14Cl2N2O3/c1-10(20)19(8-12-3-2-6-22-12)9-15(21)18-11-4-5-13(16)14(17)7-11/h2-7H,8-9H2,1H3,(H,18,21). The van der Waals surface area contributed by atoms with Gasteiger partial charge < -0.3 is 14.6 Å². The van der Waals surface area contributed by atoms with Crippen molar-refractivity contribution in [2.24, 2.45) is 0 Å². The molecule has 0 unspecified atom stereocenters. The highest BCUT2D eigenvalue weighted by Gasteiger charge is 2.15. The quantitative estimate of drug-likeness (QED) is 0.904. The number of benzene rings is 1. The van der Waals surface area contributed by atoms with Crippen LogP contribution in [0.15, 0.2) is 41.0 Å². The number of halogens is 2. The van der Waals surface area contributed by atoms with E-state index in [0.717, 1.165) is 0 Å². The molecule has 2 rings (SSSR count). The van der Waals surface area contributed by atoms with Gasteiger partial charge in [0.1, 0.15) is 12.3 Å². The van der Waals surface area contributed by atoms with Gasteiger partial charge in [-0.2, -0.15) is 0 Å². The van der Waals surface area contributed by atoms with Crippen molar-refractivity contribution >= 4 is 40.7 Å². The van der Waals surface area contributed by atoms with E-state index in [1.165, 1.54) is 18.1 Å². The van der Waals surface area contributed by atoms with E-state index < -0.39 is 0 Å². The molecule has 5 nitrogen and oxygen atoms in total. The van der Waals surface area contributed by atoms with Gasteiger partial charge in [-0.25, -0.2) is 0 Å². The van der Waals surface area contributed by atoms with Crippen LogP contribution in [0.1, 0.15) is 12.7 Å². The summed E-state index contributed by atoms with van der Waals surface area (Å²) in [6.07, 6.45) is 1.52. The molecule has 1 heterocycles. The Labute approximate surface area is 137 Å². The highest BCUT2D eigenvalue weighted by Crippen LogP contribution is 2.24. The number of anilines is 1. The number of nitrogens with zero attached hydrogens (tertiary/aromatic N) is 1. The SMILES string of the molecule is CC(=O)N(CC(=O)Nc1ccc(Cl)c(Cl)c1)Cc1ccco1. The van der Waals surface area contributed by atoms with Crippen LogP contribution >= 0.6 is 23.2 Å². The van der Waals surface area contributed by atoms with E-state index in [2.05, 4.69) is 5.32 Å². The summed E-state index contributed by atoms with van der Waals surface area (Å²) in [5, 5.41) is 3.42. The molecule has 0 aliphatic carbocycles. The van der Waals surface area contributed by atoms with Crippen molar-refractivity contribution in [3.63, 3.8) is 0 Å². The highest BCUT2D eigenvalue weighted by atomic mass is 35.5. The molecule has 2 amide bonds. The number of furan rings is 1. The molecule has 2 aromatic rings. The number of amides is 2. The zero-order chi connectivity index (χ0) is 16.1. The normalized spacial score (nSPS) is 10.3. The Hall–Kier alpha value is -1.98. The molecule has 0 aliphatic heterocycles. The van der Waals surface area contributed by atoms with Gasteiger partial charge in [0.05, 0.1) is 22.9 Å². The number of carbonyl (C=O) groups excluding carboxylic acids is 2. The van der Waals surface area contributed by atoms with Crippen LogP contribution < -0.4 is 5.32 Å². The second-order valence-corrected chi connectivity index (χ2v) is 5.45. The van der Waals surface area contributed by atoms with Gasteiger partial charge in [-0.05, 0) is 30.3 Å². The minimum Gasteiger partial charge on any atom is -0.467 e. The molecule has 1 aromatic heterocycles. The lowest BCUT2D eigenvalue weighted by molar-refractivity contribution is -0.133. The highest BCUT2D eigenvalue weighted by molar-refractivity contribution is 6.42. The number of hydrogen-bond acceptors (Lipinski definition) is 3. The van der Waals surface area contributed by atoms with Crippen LogP contribution in [0.25, 0.3) is 0 Å². The summed E-state index contributed by atoms with van der Waals surface area (Å²) in [6, 6.07) is 8.24. The average molecular weight is 341 g/mol. The molecule has 0 radical (unpaired) electrons. The lowest BCUT2D eigenvalue weighted by atomic mass is 10.3. The molecule has 0 saturated carbocycles. The third-order valence-electron chi connectivity index (χ3n) is 2.91. The molecule has 0 fully saturated rings. The zero-order valence-corrected chi connectivity index (χ0v) is 13.3. The van der Waals surface area contributed by atoms with Gasteiger partial charge in [0.25, 0.3) is 0 Å². The van der Waals surface area contributed by atoms with E-state index in [1.54, 1.807) is 30.3 Å². The topological polar surface area (TPSA) is 62.6 Å². The Morgan fingerprint density at radius 3 is 2.59 bits per heavy atom. The maximum Gasteiger partial charge on any atom is 0.244 e. The predicted octanol–water partition coefficient (Wildman–Crippen LogP) is 3.57. The van der Waals surface area contributed by atoms with E-state index in [-0.39, 0.29) is 24.9 Å². The Balaban J connectivity index is 1.98. The molecule has 0 saturated heterocycles. The predicted molar refractivity (Wildman–Crippen MR) is 84.9 cm³/mol. The molecule has 22 heavy (non-hydrogen) atoms. The molecular weight excluding hydrogens is 327 g/mol. The van der Waals surface area contributed by atoms with Gasteiger partial charge >= 0.3 is 0 Å². The first-order chi connectivity index (χ1) is 10.5. The van der Waals surface area contributed by atoms with Crippen LogP contribution in [0.3, 0.4) is 0 Å². The van der Waals surface area contributed by atoms with Gasteiger partial charge in [0, 0.05) is 12.6 Å². The number of carbonyl (C=O) groups is 2. The van der Waals surface area contributed by atoms with Gasteiger partial charge in [-0.15, -0.1) is 0 Å². The smallest absolute Gasteiger partial charge is 0.244 e. The van der Waals surface area contributed by atoms with Crippen LogP contribution in [-0.4, -0.2) is 23.3 Å². The maximum absolute atomic E-state index is 12.0. The van der Waals surface area contributed by atoms with E-state index >= 15 is 0 Å². The first-order valence-corrected chi connectivity index (χ1v) is 7.24. The van der Waals surface area contributed by atoms with Crippen molar-refractivity contribution in [1.29, 1.82) is 0 Å². The van der Waals surface area contributed by atoms with Crippen molar-refractivity contribution in [2.75, 3.05) is 11.9 Å². The van der Waals surface area contributed by atoms with E-state index in [4.69, 9.17) is 27.6 Å². The Morgan fingerprint density at radius 2 is 2.00 bits per heavy atom. The fourth-order valence-corrected chi connectivity index (χ4v) is 2.12. The van der Waals surface area contributed by atoms with Crippen LogP contribution in [0.2, 0.25) is 10.0 Å². The molecule has 0 bridgehead atoms. The Kier molecular flexibility index (Phi) is 5.46. The van der Waals surface area contributed by atoms with Gasteiger partial charge in [-0.3, -0.25) is 9.59 Å². The molecular formula is C15H14Cl2N2O3. The van der Waals surface area contributed by atoms with Crippen molar-refractivity contribution in [2.45, 2.75) is 13.5 Å². The third kappa shape index (κ3) is 4.51. The lowest BCUT2D eigenvalue weighted by Gasteiger charge is -2.19. The van der Waals surface area contributed by atoms with Crippen LogP contribution in [0, 0.1) is 0 Å². The number of nitrogens with one attached hydrogen (secondary N) is 1. The summed E-state index contributed by atoms with van der Waals surface area (Å²) in [7, 11) is 0. The van der Waals surface area contributed by atoms with Crippen molar-refractivity contribution in [3.8, 4) is 0 Å². The molecule has 0 spiro atoms. The number of hydrogen-bond donors (Lipinski definition) is 1. The summed E-state index contributed by atoms with van der Waals surface area (Å²) >= 11 is 11.7. The molecule has 1 N–H and O–H groups in total. The van der Waals surface area contributed by atoms with Crippen LogP contribution in [0.4, 0.5) is 5.69 Å². The summed E-state index contributed by atoms with van der Waals surface area (Å²) < 4.78 is 5.19. The Morgan fingerprint density at radius 1 is 1.23 bits per heavy atom. The Bertz CT molecular complexity index is 671. The van der Waals surface area contributed by atoms with Gasteiger partial charge in [0.2, 0.25) is 11.8 Å². The summed E-state index contributed by atoms with van der Waals surface area (Å²) in [5.41, 5.74) is 0.515. The minimum absolute atomic E-state index is 0.0870. The zero-order valence-electron chi connectivity index (χ0n) is 11.8. The maximum atomic E-state index is 12.0. The second kappa shape index (κ2) is 7.33. The monoisotopic (exact) mass is 340 g/mol. The van der Waals surface area contributed by atoms with Crippen molar-refractivity contribution in [1.82, 2.24) is 4.90 Å². The first kappa shape index (κ1) is 16.4. The fourth-order valence-electron chi connectivity index (χ4n) is 1.82.